The molecule has 1 radical (unpaired) electrons. The number of hydrogen-bond donors (Lipinski definition) is 0. The Kier molecular flexibility index (Phi) is 2.47. The number of benzene rings is 1. The lowest BCUT2D eigenvalue weighted by Gasteiger charge is -2.00. The molecule has 0 amide bonds. The number of sulfone groups is 1. The van der Waals surface area contributed by atoms with Crippen molar-refractivity contribution in [3.8, 4) is 0 Å². The molecule has 0 unspecified atom stereocenters. The summed E-state index contributed by atoms with van der Waals surface area (Å²) < 4.78 is 23.8. The summed E-state index contributed by atoms with van der Waals surface area (Å²) in [6.45, 7) is 0. The van der Waals surface area contributed by atoms with E-state index < -0.39 is 9.84 Å². The molecule has 1 aromatic heterocycles. The number of rotatable bonds is 2. The van der Waals surface area contributed by atoms with Crippen LogP contribution in [0.5, 0.6) is 0 Å². The Morgan fingerprint density at radius 1 is 1.00 bits per heavy atom. The van der Waals surface area contributed by atoms with Crippen LogP contribution < -0.4 is 0 Å². The van der Waals surface area contributed by atoms with Crippen LogP contribution in [0.1, 0.15) is 0 Å². The fraction of sp³-hybridized carbons (Fsp3) is 0. The van der Waals surface area contributed by atoms with Gasteiger partial charge < -0.3 is 0 Å². The van der Waals surface area contributed by atoms with E-state index in [1.165, 1.54) is 24.5 Å². The molecule has 75 valence electrons. The SMILES string of the molecule is O=S(=O)(c1ccccc1)c1nc[c]cn1. The topological polar surface area (TPSA) is 59.9 Å². The number of nitrogens with zero attached hydrogens (tertiary/aromatic N) is 2. The third-order valence-corrected chi connectivity index (χ3v) is 3.38. The Labute approximate surface area is 87.6 Å². The number of hydrogen-bond acceptors (Lipinski definition) is 4. The van der Waals surface area contributed by atoms with Crippen LogP contribution in [0, 0.1) is 6.07 Å². The largest absolute Gasteiger partial charge is 0.251 e. The van der Waals surface area contributed by atoms with Crippen LogP contribution in [0.25, 0.3) is 0 Å². The lowest BCUT2D eigenvalue weighted by molar-refractivity contribution is 0.587. The van der Waals surface area contributed by atoms with Crippen molar-refractivity contribution in [2.45, 2.75) is 10.1 Å². The van der Waals surface area contributed by atoms with E-state index in [1.54, 1.807) is 18.2 Å². The maximum Gasteiger partial charge on any atom is 0.251 e. The molecule has 0 saturated carbocycles. The van der Waals surface area contributed by atoms with Crippen LogP contribution >= 0.6 is 0 Å². The zero-order valence-electron chi connectivity index (χ0n) is 7.66. The third-order valence-electron chi connectivity index (χ3n) is 1.79. The van der Waals surface area contributed by atoms with E-state index in [0.29, 0.717) is 0 Å². The minimum atomic E-state index is -3.58. The smallest absolute Gasteiger partial charge is 0.226 e. The molecule has 0 aliphatic heterocycles. The lowest BCUT2D eigenvalue weighted by Crippen LogP contribution is -2.06. The Hall–Kier alpha value is -1.75. The summed E-state index contributed by atoms with van der Waals surface area (Å²) in [7, 11) is -3.58. The molecule has 1 aromatic carbocycles. The van der Waals surface area contributed by atoms with Gasteiger partial charge in [0, 0.05) is 18.5 Å². The zero-order chi connectivity index (χ0) is 10.7. The third kappa shape index (κ3) is 1.87. The van der Waals surface area contributed by atoms with Crippen molar-refractivity contribution in [3.63, 3.8) is 0 Å². The Balaban J connectivity index is 2.55. The highest BCUT2D eigenvalue weighted by Gasteiger charge is 2.19. The standard InChI is InChI=1S/C10H7N2O2S/c13-15(14,9-5-2-1-3-6-9)10-11-7-4-8-12-10/h1-3,5-8H. The molecule has 0 N–H and O–H groups in total. The molecule has 2 rings (SSSR count). The summed E-state index contributed by atoms with van der Waals surface area (Å²) in [5.41, 5.74) is 0. The molecule has 0 bridgehead atoms. The van der Waals surface area contributed by atoms with E-state index >= 15 is 0 Å². The second-order valence-electron chi connectivity index (χ2n) is 2.78. The predicted octanol–water partition coefficient (Wildman–Crippen LogP) is 1.11. The Morgan fingerprint density at radius 2 is 1.60 bits per heavy atom. The van der Waals surface area contributed by atoms with Gasteiger partial charge >= 0.3 is 0 Å². The molecule has 15 heavy (non-hydrogen) atoms. The highest BCUT2D eigenvalue weighted by molar-refractivity contribution is 7.91. The van der Waals surface area contributed by atoms with Crippen LogP contribution in [0.2, 0.25) is 0 Å². The average Bonchev–Trinajstić information content (AvgIpc) is 2.31. The summed E-state index contributed by atoms with van der Waals surface area (Å²) in [6, 6.07) is 10.6. The summed E-state index contributed by atoms with van der Waals surface area (Å²) >= 11 is 0. The van der Waals surface area contributed by atoms with E-state index in [0.717, 1.165) is 0 Å². The van der Waals surface area contributed by atoms with Gasteiger partial charge in [0.05, 0.1) is 4.90 Å². The summed E-state index contributed by atoms with van der Waals surface area (Å²) in [5.74, 6) is 0. The maximum absolute atomic E-state index is 11.9. The van der Waals surface area contributed by atoms with E-state index in [9.17, 15) is 8.42 Å². The van der Waals surface area contributed by atoms with Crippen LogP contribution in [0.3, 0.4) is 0 Å². The highest BCUT2D eigenvalue weighted by Crippen LogP contribution is 2.15. The Bertz CT molecular complexity index is 493. The van der Waals surface area contributed by atoms with Gasteiger partial charge in [0.2, 0.25) is 9.84 Å². The summed E-state index contributed by atoms with van der Waals surface area (Å²) in [4.78, 5) is 7.54. The zero-order valence-corrected chi connectivity index (χ0v) is 8.48. The minimum Gasteiger partial charge on any atom is -0.226 e. The molecule has 0 aliphatic rings. The van der Waals surface area contributed by atoms with Crippen LogP contribution in [-0.4, -0.2) is 18.4 Å². The highest BCUT2D eigenvalue weighted by atomic mass is 32.2. The molecule has 0 aliphatic carbocycles. The predicted molar refractivity (Wildman–Crippen MR) is 52.8 cm³/mol. The van der Waals surface area contributed by atoms with Crippen molar-refractivity contribution in [2.75, 3.05) is 0 Å². The lowest BCUT2D eigenvalue weighted by atomic mass is 10.4. The first-order valence-corrected chi connectivity index (χ1v) is 5.68. The second kappa shape index (κ2) is 3.78. The van der Waals surface area contributed by atoms with Gasteiger partial charge in [-0.05, 0) is 12.1 Å². The van der Waals surface area contributed by atoms with Gasteiger partial charge in [-0.3, -0.25) is 0 Å². The van der Waals surface area contributed by atoms with E-state index in [2.05, 4.69) is 16.0 Å². The quantitative estimate of drug-likeness (QED) is 0.710. The van der Waals surface area contributed by atoms with Gasteiger partial charge in [0.25, 0.3) is 5.16 Å². The molecule has 0 atom stereocenters. The first-order valence-electron chi connectivity index (χ1n) is 4.19. The van der Waals surface area contributed by atoms with E-state index in [4.69, 9.17) is 0 Å². The van der Waals surface area contributed by atoms with Crippen LogP contribution in [0.4, 0.5) is 0 Å². The van der Waals surface area contributed by atoms with Crippen LogP contribution in [0.15, 0.2) is 52.8 Å². The van der Waals surface area contributed by atoms with Crippen molar-refractivity contribution >= 4 is 9.84 Å². The van der Waals surface area contributed by atoms with E-state index in [1.807, 2.05) is 0 Å². The summed E-state index contributed by atoms with van der Waals surface area (Å²) in [5, 5.41) is -0.201. The molecular formula is C10H7N2O2S. The minimum absolute atomic E-state index is 0.191. The number of aromatic nitrogens is 2. The molecular weight excluding hydrogens is 212 g/mol. The Morgan fingerprint density at radius 3 is 2.20 bits per heavy atom. The monoisotopic (exact) mass is 219 g/mol. The molecule has 2 aromatic rings. The van der Waals surface area contributed by atoms with Gasteiger partial charge in [0.15, 0.2) is 0 Å². The van der Waals surface area contributed by atoms with Crippen molar-refractivity contribution in [1.29, 1.82) is 0 Å². The first kappa shape index (κ1) is 9.79. The van der Waals surface area contributed by atoms with Gasteiger partial charge in [-0.15, -0.1) is 0 Å². The average molecular weight is 219 g/mol. The second-order valence-corrected chi connectivity index (χ2v) is 4.63. The maximum atomic E-state index is 11.9. The fourth-order valence-electron chi connectivity index (χ4n) is 1.10. The first-order chi connectivity index (χ1) is 7.21. The fourth-order valence-corrected chi connectivity index (χ4v) is 2.20. The van der Waals surface area contributed by atoms with Gasteiger partial charge in [-0.25, -0.2) is 18.4 Å². The molecule has 4 nitrogen and oxygen atoms in total. The van der Waals surface area contributed by atoms with Crippen molar-refractivity contribution in [3.05, 3.63) is 48.8 Å². The van der Waals surface area contributed by atoms with Crippen molar-refractivity contribution < 1.29 is 8.42 Å². The van der Waals surface area contributed by atoms with Crippen molar-refractivity contribution in [1.82, 2.24) is 9.97 Å². The molecule has 0 fully saturated rings. The van der Waals surface area contributed by atoms with Gasteiger partial charge in [0.1, 0.15) is 0 Å². The molecule has 5 heteroatoms. The van der Waals surface area contributed by atoms with Crippen molar-refractivity contribution in [2.24, 2.45) is 0 Å². The van der Waals surface area contributed by atoms with E-state index in [-0.39, 0.29) is 10.1 Å². The van der Waals surface area contributed by atoms with Gasteiger partial charge in [-0.2, -0.15) is 0 Å². The molecule has 1 heterocycles. The normalized spacial score (nSPS) is 11.2. The van der Waals surface area contributed by atoms with Crippen LogP contribution in [-0.2, 0) is 9.84 Å². The molecule has 0 spiro atoms. The summed E-state index contributed by atoms with van der Waals surface area (Å²) in [6.07, 6.45) is 2.56. The van der Waals surface area contributed by atoms with Gasteiger partial charge in [-0.1, -0.05) is 18.2 Å². The molecule has 0 saturated heterocycles.